The number of methoxy groups -OCH3 is 1. The molecule has 26 heavy (non-hydrogen) atoms. The highest BCUT2D eigenvalue weighted by Gasteiger charge is 2.34. The van der Waals surface area contributed by atoms with Gasteiger partial charge in [-0.15, -0.1) is 0 Å². The highest BCUT2D eigenvalue weighted by Crippen LogP contribution is 2.36. The van der Waals surface area contributed by atoms with Crippen LogP contribution in [-0.4, -0.2) is 25.9 Å². The number of esters is 1. The fourth-order valence-electron chi connectivity index (χ4n) is 2.24. The van der Waals surface area contributed by atoms with Crippen LogP contribution < -0.4 is 4.74 Å². The van der Waals surface area contributed by atoms with Crippen molar-refractivity contribution in [3.8, 4) is 5.75 Å². The first-order valence-corrected chi connectivity index (χ1v) is 7.45. The summed E-state index contributed by atoms with van der Waals surface area (Å²) in [7, 11) is 2.45. The minimum atomic E-state index is -4.54. The molecule has 0 aliphatic rings. The highest BCUT2D eigenvalue weighted by atomic mass is 19.4. The maximum absolute atomic E-state index is 13.1. The molecule has 0 bridgehead atoms. The average molecular weight is 367 g/mol. The van der Waals surface area contributed by atoms with Crippen LogP contribution in [0.15, 0.2) is 53.7 Å². The van der Waals surface area contributed by atoms with Crippen molar-refractivity contribution in [2.45, 2.75) is 12.8 Å². The standard InChI is InChI=1S/C18H16F3NO4/c1-24-17(23)16(22-25-2)13-8-4-3-7-12(13)11-26-15-10-6-5-9-14(15)18(19,20)21/h3-10H,11H2,1-2H3/b22-16-. The van der Waals surface area contributed by atoms with Gasteiger partial charge in [-0.25, -0.2) is 4.79 Å². The van der Waals surface area contributed by atoms with Crippen LogP contribution in [0.5, 0.6) is 5.75 Å². The third-order valence-corrected chi connectivity index (χ3v) is 3.41. The van der Waals surface area contributed by atoms with Crippen molar-refractivity contribution in [3.63, 3.8) is 0 Å². The molecule has 0 atom stereocenters. The van der Waals surface area contributed by atoms with E-state index in [0.717, 1.165) is 6.07 Å². The molecule has 0 N–H and O–H groups in total. The van der Waals surface area contributed by atoms with Gasteiger partial charge in [-0.1, -0.05) is 41.6 Å². The Morgan fingerprint density at radius 1 is 1.04 bits per heavy atom. The fraction of sp³-hybridized carbons (Fsp3) is 0.222. The highest BCUT2D eigenvalue weighted by molar-refractivity contribution is 6.43. The summed E-state index contributed by atoms with van der Waals surface area (Å²) >= 11 is 0. The molecular formula is C18H16F3NO4. The van der Waals surface area contributed by atoms with Crippen LogP contribution in [0.3, 0.4) is 0 Å². The van der Waals surface area contributed by atoms with Crippen LogP contribution in [0, 0.1) is 0 Å². The summed E-state index contributed by atoms with van der Waals surface area (Å²) in [5.41, 5.74) is -0.203. The van der Waals surface area contributed by atoms with Gasteiger partial charge in [0, 0.05) is 5.56 Å². The number of carbonyl (C=O) groups excluding carboxylic acids is 1. The number of hydrogen-bond acceptors (Lipinski definition) is 5. The molecule has 0 aliphatic carbocycles. The van der Waals surface area contributed by atoms with Gasteiger partial charge in [0.2, 0.25) is 0 Å². The van der Waals surface area contributed by atoms with Crippen LogP contribution in [0.1, 0.15) is 16.7 Å². The molecule has 2 rings (SSSR count). The number of carbonyl (C=O) groups is 1. The maximum atomic E-state index is 13.1. The molecule has 5 nitrogen and oxygen atoms in total. The van der Waals surface area contributed by atoms with Crippen molar-refractivity contribution in [2.75, 3.05) is 14.2 Å². The van der Waals surface area contributed by atoms with Crippen LogP contribution in [0.4, 0.5) is 13.2 Å². The lowest BCUT2D eigenvalue weighted by molar-refractivity contribution is -0.139. The van der Waals surface area contributed by atoms with E-state index in [-0.39, 0.29) is 18.1 Å². The molecule has 0 radical (unpaired) electrons. The topological polar surface area (TPSA) is 57.1 Å². The molecule has 0 amide bonds. The zero-order chi connectivity index (χ0) is 19.2. The second-order valence-corrected chi connectivity index (χ2v) is 5.05. The van der Waals surface area contributed by atoms with E-state index in [4.69, 9.17) is 4.74 Å². The zero-order valence-electron chi connectivity index (χ0n) is 14.0. The number of benzene rings is 2. The summed E-state index contributed by atoms with van der Waals surface area (Å²) in [6.45, 7) is -0.205. The Balaban J connectivity index is 2.33. The summed E-state index contributed by atoms with van der Waals surface area (Å²) in [5, 5.41) is 3.64. The third kappa shape index (κ3) is 4.53. The van der Waals surface area contributed by atoms with Crippen molar-refractivity contribution >= 4 is 11.7 Å². The predicted octanol–water partition coefficient (Wildman–Crippen LogP) is 3.81. The van der Waals surface area contributed by atoms with E-state index in [1.807, 2.05) is 0 Å². The van der Waals surface area contributed by atoms with Gasteiger partial charge in [0.05, 0.1) is 12.7 Å². The van der Waals surface area contributed by atoms with Gasteiger partial charge in [-0.05, 0) is 17.7 Å². The van der Waals surface area contributed by atoms with Gasteiger partial charge in [-0.3, -0.25) is 0 Å². The number of nitrogens with zero attached hydrogens (tertiary/aromatic N) is 1. The van der Waals surface area contributed by atoms with Crippen LogP contribution in [0.2, 0.25) is 0 Å². The summed E-state index contributed by atoms with van der Waals surface area (Å²) in [4.78, 5) is 16.6. The van der Waals surface area contributed by atoms with E-state index in [1.54, 1.807) is 24.3 Å². The molecule has 0 aliphatic heterocycles. The number of oxime groups is 1. The molecule has 8 heteroatoms. The molecule has 0 spiro atoms. The average Bonchev–Trinajstić information content (AvgIpc) is 2.63. The molecule has 2 aromatic carbocycles. The van der Waals surface area contributed by atoms with Gasteiger partial charge in [0.15, 0.2) is 5.71 Å². The van der Waals surface area contributed by atoms with Gasteiger partial charge in [0.1, 0.15) is 19.5 Å². The van der Waals surface area contributed by atoms with Crippen LogP contribution in [0.25, 0.3) is 0 Å². The van der Waals surface area contributed by atoms with Crippen LogP contribution in [-0.2, 0) is 27.2 Å². The molecule has 0 fully saturated rings. The van der Waals surface area contributed by atoms with Crippen LogP contribution >= 0.6 is 0 Å². The van der Waals surface area contributed by atoms with Gasteiger partial charge in [0.25, 0.3) is 0 Å². The van der Waals surface area contributed by atoms with E-state index in [9.17, 15) is 18.0 Å². The molecule has 0 unspecified atom stereocenters. The largest absolute Gasteiger partial charge is 0.488 e. The van der Waals surface area contributed by atoms with Crippen molar-refractivity contribution < 1.29 is 32.3 Å². The summed E-state index contributed by atoms with van der Waals surface area (Å²) in [6.07, 6.45) is -4.54. The van der Waals surface area contributed by atoms with E-state index < -0.39 is 17.7 Å². The van der Waals surface area contributed by atoms with Gasteiger partial charge >= 0.3 is 12.1 Å². The number of rotatable bonds is 6. The Bertz CT molecular complexity index is 803. The Labute approximate surface area is 148 Å². The molecule has 0 saturated heterocycles. The molecular weight excluding hydrogens is 351 g/mol. The van der Waals surface area contributed by atoms with E-state index in [0.29, 0.717) is 11.1 Å². The summed E-state index contributed by atoms with van der Waals surface area (Å²) in [6, 6.07) is 11.4. The molecule has 0 saturated carbocycles. The van der Waals surface area contributed by atoms with Crippen molar-refractivity contribution in [1.82, 2.24) is 0 Å². The lowest BCUT2D eigenvalue weighted by Crippen LogP contribution is -2.20. The fourth-order valence-corrected chi connectivity index (χ4v) is 2.24. The lowest BCUT2D eigenvalue weighted by Gasteiger charge is -2.15. The minimum absolute atomic E-state index is 0.113. The van der Waals surface area contributed by atoms with Crippen molar-refractivity contribution in [1.29, 1.82) is 0 Å². The lowest BCUT2D eigenvalue weighted by atomic mass is 10.0. The molecule has 2 aromatic rings. The van der Waals surface area contributed by atoms with E-state index >= 15 is 0 Å². The third-order valence-electron chi connectivity index (χ3n) is 3.41. The first-order chi connectivity index (χ1) is 12.4. The molecule has 0 aromatic heterocycles. The predicted molar refractivity (Wildman–Crippen MR) is 87.8 cm³/mol. The summed E-state index contributed by atoms with van der Waals surface area (Å²) in [5.74, 6) is -1.05. The maximum Gasteiger partial charge on any atom is 0.419 e. The van der Waals surface area contributed by atoms with Crippen molar-refractivity contribution in [2.24, 2.45) is 5.16 Å². The second kappa shape index (κ2) is 8.37. The second-order valence-electron chi connectivity index (χ2n) is 5.05. The number of halogens is 3. The quantitative estimate of drug-likeness (QED) is 0.443. The molecule has 138 valence electrons. The smallest absolute Gasteiger partial charge is 0.419 e. The monoisotopic (exact) mass is 367 g/mol. The Morgan fingerprint density at radius 2 is 1.69 bits per heavy atom. The normalized spacial score (nSPS) is 11.8. The molecule has 0 heterocycles. The minimum Gasteiger partial charge on any atom is -0.488 e. The number of para-hydroxylation sites is 1. The number of hydrogen-bond donors (Lipinski definition) is 0. The Morgan fingerprint density at radius 3 is 2.35 bits per heavy atom. The number of ether oxygens (including phenoxy) is 2. The SMILES string of the molecule is CO/N=C(\C(=O)OC)c1ccccc1COc1ccccc1C(F)(F)F. The van der Waals surface area contributed by atoms with E-state index in [2.05, 4.69) is 14.7 Å². The van der Waals surface area contributed by atoms with Crippen molar-refractivity contribution in [3.05, 3.63) is 65.2 Å². The Hall–Kier alpha value is -3.03. The van der Waals surface area contributed by atoms with E-state index in [1.165, 1.54) is 32.4 Å². The van der Waals surface area contributed by atoms with Gasteiger partial charge < -0.3 is 14.3 Å². The first-order valence-electron chi connectivity index (χ1n) is 7.45. The first kappa shape index (κ1) is 19.3. The number of alkyl halides is 3. The van der Waals surface area contributed by atoms with Gasteiger partial charge in [-0.2, -0.15) is 13.2 Å². The summed E-state index contributed by atoms with van der Waals surface area (Å²) < 4.78 is 49.2. The zero-order valence-corrected chi connectivity index (χ0v) is 14.0. The Kier molecular flexibility index (Phi) is 6.21.